The fraction of sp³-hybridized carbons (Fsp3) is 0.929. The summed E-state index contributed by atoms with van der Waals surface area (Å²) in [5, 5.41) is 0. The van der Waals surface area contributed by atoms with Gasteiger partial charge in [0.2, 0.25) is 5.91 Å². The molecule has 0 radical (unpaired) electrons. The van der Waals surface area contributed by atoms with Crippen molar-refractivity contribution in [2.24, 2.45) is 5.92 Å². The Labute approximate surface area is 105 Å². The van der Waals surface area contributed by atoms with Crippen LogP contribution in [0.5, 0.6) is 0 Å². The second-order valence-electron chi connectivity index (χ2n) is 5.47. The summed E-state index contributed by atoms with van der Waals surface area (Å²) >= 11 is 0. The van der Waals surface area contributed by atoms with Crippen LogP contribution in [-0.2, 0) is 4.79 Å². The maximum atomic E-state index is 12.5. The Kier molecular flexibility index (Phi) is 4.84. The Balaban J connectivity index is 1.89. The van der Waals surface area contributed by atoms with Crippen molar-refractivity contribution in [2.75, 3.05) is 32.7 Å². The molecule has 3 nitrogen and oxygen atoms in total. The topological polar surface area (TPSA) is 23.6 Å². The number of carbonyl (C=O) groups is 1. The number of rotatable bonds is 2. The normalized spacial score (nSPS) is 27.8. The second-order valence-corrected chi connectivity index (χ2v) is 5.47. The van der Waals surface area contributed by atoms with Gasteiger partial charge in [0.15, 0.2) is 0 Å². The Morgan fingerprint density at radius 3 is 2.41 bits per heavy atom. The molecule has 2 aliphatic rings. The van der Waals surface area contributed by atoms with Crippen molar-refractivity contribution in [3.8, 4) is 0 Å². The van der Waals surface area contributed by atoms with E-state index in [-0.39, 0.29) is 5.92 Å². The standard InChI is InChI=1S/C14H26N2O/c1-2-15-9-7-8-13(12-15)14(17)16-10-5-3-4-6-11-16/h13H,2-12H2,1H3. The van der Waals surface area contributed by atoms with Crippen molar-refractivity contribution < 1.29 is 4.79 Å². The summed E-state index contributed by atoms with van der Waals surface area (Å²) in [5.74, 6) is 0.715. The summed E-state index contributed by atoms with van der Waals surface area (Å²) in [5.41, 5.74) is 0. The van der Waals surface area contributed by atoms with Crippen LogP contribution < -0.4 is 0 Å². The summed E-state index contributed by atoms with van der Waals surface area (Å²) in [4.78, 5) is 17.0. The lowest BCUT2D eigenvalue weighted by molar-refractivity contribution is -0.137. The van der Waals surface area contributed by atoms with E-state index in [1.54, 1.807) is 0 Å². The molecule has 1 atom stereocenters. The van der Waals surface area contributed by atoms with Gasteiger partial charge in [0.1, 0.15) is 0 Å². The van der Waals surface area contributed by atoms with Crippen LogP contribution in [0.25, 0.3) is 0 Å². The van der Waals surface area contributed by atoms with Crippen molar-refractivity contribution in [1.82, 2.24) is 9.80 Å². The molecule has 2 fully saturated rings. The van der Waals surface area contributed by atoms with Crippen molar-refractivity contribution >= 4 is 5.91 Å². The Morgan fingerprint density at radius 1 is 1.06 bits per heavy atom. The van der Waals surface area contributed by atoms with Gasteiger partial charge in [0.05, 0.1) is 5.92 Å². The van der Waals surface area contributed by atoms with Crippen LogP contribution in [-0.4, -0.2) is 48.4 Å². The van der Waals surface area contributed by atoms with Crippen LogP contribution in [0.3, 0.4) is 0 Å². The highest BCUT2D eigenvalue weighted by Crippen LogP contribution is 2.20. The van der Waals surface area contributed by atoms with Gasteiger partial charge in [-0.25, -0.2) is 0 Å². The molecule has 0 spiro atoms. The van der Waals surface area contributed by atoms with Gasteiger partial charge in [-0.1, -0.05) is 19.8 Å². The highest BCUT2D eigenvalue weighted by atomic mass is 16.2. The molecule has 0 saturated carbocycles. The second kappa shape index (κ2) is 6.39. The van der Waals surface area contributed by atoms with E-state index in [0.717, 1.165) is 32.6 Å². The van der Waals surface area contributed by atoms with Crippen LogP contribution in [0.15, 0.2) is 0 Å². The quantitative estimate of drug-likeness (QED) is 0.735. The van der Waals surface area contributed by atoms with Crippen LogP contribution in [0.4, 0.5) is 0 Å². The number of piperidine rings is 1. The number of likely N-dealkylation sites (tertiary alicyclic amines) is 2. The molecule has 0 bridgehead atoms. The van der Waals surface area contributed by atoms with E-state index < -0.39 is 0 Å². The average molecular weight is 238 g/mol. The number of nitrogens with zero attached hydrogens (tertiary/aromatic N) is 2. The van der Waals surface area contributed by atoms with Gasteiger partial charge >= 0.3 is 0 Å². The highest BCUT2D eigenvalue weighted by Gasteiger charge is 2.28. The fourth-order valence-corrected chi connectivity index (χ4v) is 3.09. The maximum Gasteiger partial charge on any atom is 0.226 e. The lowest BCUT2D eigenvalue weighted by Gasteiger charge is -2.34. The van der Waals surface area contributed by atoms with Gasteiger partial charge < -0.3 is 9.80 Å². The first-order valence-electron chi connectivity index (χ1n) is 7.32. The van der Waals surface area contributed by atoms with Crippen LogP contribution in [0.2, 0.25) is 0 Å². The van der Waals surface area contributed by atoms with Gasteiger partial charge in [-0.2, -0.15) is 0 Å². The molecule has 0 aliphatic carbocycles. The number of amides is 1. The molecule has 98 valence electrons. The smallest absolute Gasteiger partial charge is 0.226 e. The SMILES string of the molecule is CCN1CCCC(C(=O)N2CCCCCC2)C1. The van der Waals surface area contributed by atoms with E-state index in [1.807, 2.05) is 0 Å². The van der Waals surface area contributed by atoms with E-state index in [4.69, 9.17) is 0 Å². The van der Waals surface area contributed by atoms with Crippen LogP contribution in [0, 0.1) is 5.92 Å². The number of carbonyl (C=O) groups excluding carboxylic acids is 1. The molecule has 1 amide bonds. The fourth-order valence-electron chi connectivity index (χ4n) is 3.09. The highest BCUT2D eigenvalue weighted by molar-refractivity contribution is 5.79. The van der Waals surface area contributed by atoms with Crippen LogP contribution >= 0.6 is 0 Å². The Bertz CT molecular complexity index is 247. The molecule has 0 N–H and O–H groups in total. The minimum atomic E-state index is 0.279. The molecule has 0 aromatic rings. The van der Waals surface area contributed by atoms with E-state index >= 15 is 0 Å². The lowest BCUT2D eigenvalue weighted by Crippen LogP contribution is -2.45. The summed E-state index contributed by atoms with van der Waals surface area (Å²) in [6, 6.07) is 0. The third-order valence-electron chi connectivity index (χ3n) is 4.22. The van der Waals surface area contributed by atoms with Gasteiger partial charge in [0.25, 0.3) is 0 Å². The minimum Gasteiger partial charge on any atom is -0.342 e. The molecule has 0 aromatic heterocycles. The molecule has 2 heterocycles. The Hall–Kier alpha value is -0.570. The van der Waals surface area contributed by atoms with Gasteiger partial charge in [-0.05, 0) is 38.8 Å². The predicted octanol–water partition coefficient (Wildman–Crippen LogP) is 2.12. The molecule has 3 heteroatoms. The third-order valence-corrected chi connectivity index (χ3v) is 4.22. The van der Waals surface area contributed by atoms with Crippen molar-refractivity contribution in [3.63, 3.8) is 0 Å². The molecular weight excluding hydrogens is 212 g/mol. The number of hydrogen-bond donors (Lipinski definition) is 0. The molecular formula is C14H26N2O. The van der Waals surface area contributed by atoms with E-state index in [2.05, 4.69) is 16.7 Å². The zero-order valence-electron chi connectivity index (χ0n) is 11.2. The Morgan fingerprint density at radius 2 is 1.76 bits per heavy atom. The van der Waals surface area contributed by atoms with Crippen molar-refractivity contribution in [1.29, 1.82) is 0 Å². The first-order chi connectivity index (χ1) is 8.31. The van der Waals surface area contributed by atoms with E-state index in [9.17, 15) is 4.79 Å². The molecule has 1 unspecified atom stereocenters. The van der Waals surface area contributed by atoms with Crippen LogP contribution in [0.1, 0.15) is 45.4 Å². The minimum absolute atomic E-state index is 0.279. The summed E-state index contributed by atoms with van der Waals surface area (Å²) in [6.07, 6.45) is 7.31. The molecule has 2 rings (SSSR count). The molecule has 17 heavy (non-hydrogen) atoms. The first kappa shape index (κ1) is 12.9. The van der Waals surface area contributed by atoms with Crippen molar-refractivity contribution in [2.45, 2.75) is 45.4 Å². The molecule has 0 aromatic carbocycles. The summed E-state index contributed by atoms with van der Waals surface area (Å²) < 4.78 is 0. The molecule has 2 saturated heterocycles. The maximum absolute atomic E-state index is 12.5. The average Bonchev–Trinajstić information content (AvgIpc) is 2.67. The van der Waals surface area contributed by atoms with Gasteiger partial charge in [-0.3, -0.25) is 4.79 Å². The van der Waals surface area contributed by atoms with Gasteiger partial charge in [-0.15, -0.1) is 0 Å². The van der Waals surface area contributed by atoms with Gasteiger partial charge in [0, 0.05) is 19.6 Å². The number of hydrogen-bond acceptors (Lipinski definition) is 2. The van der Waals surface area contributed by atoms with Crippen molar-refractivity contribution in [3.05, 3.63) is 0 Å². The zero-order valence-corrected chi connectivity index (χ0v) is 11.2. The van der Waals surface area contributed by atoms with E-state index in [1.165, 1.54) is 38.6 Å². The summed E-state index contributed by atoms with van der Waals surface area (Å²) in [6.45, 7) is 7.46. The largest absolute Gasteiger partial charge is 0.342 e. The zero-order chi connectivity index (χ0) is 12.1. The molecule has 2 aliphatic heterocycles. The monoisotopic (exact) mass is 238 g/mol. The third kappa shape index (κ3) is 3.44. The first-order valence-corrected chi connectivity index (χ1v) is 7.32. The van der Waals surface area contributed by atoms with E-state index in [0.29, 0.717) is 5.91 Å². The predicted molar refractivity (Wildman–Crippen MR) is 69.9 cm³/mol. The summed E-state index contributed by atoms with van der Waals surface area (Å²) in [7, 11) is 0. The lowest BCUT2D eigenvalue weighted by atomic mass is 9.96.